The summed E-state index contributed by atoms with van der Waals surface area (Å²) in [6, 6.07) is 14.1. The Kier molecular flexibility index (Phi) is 2.95. The molecule has 3 rings (SSSR count). The second-order valence-electron chi connectivity index (χ2n) is 4.46. The van der Waals surface area contributed by atoms with Crippen LogP contribution in [0.2, 0.25) is 0 Å². The Bertz CT molecular complexity index is 715. The van der Waals surface area contributed by atoms with Gasteiger partial charge >= 0.3 is 5.37 Å². The lowest BCUT2D eigenvalue weighted by molar-refractivity contribution is 0.0994. The number of hydrogen-bond acceptors (Lipinski definition) is 2. The van der Waals surface area contributed by atoms with Gasteiger partial charge in [0, 0.05) is 7.05 Å². The van der Waals surface area contributed by atoms with Crippen molar-refractivity contribution in [3.05, 3.63) is 54.1 Å². The van der Waals surface area contributed by atoms with Gasteiger partial charge in [0.1, 0.15) is 0 Å². The zero-order valence-electron chi connectivity index (χ0n) is 10.7. The Morgan fingerprint density at radius 3 is 2.15 bits per heavy atom. The van der Waals surface area contributed by atoms with Crippen molar-refractivity contribution >= 4 is 39.9 Å². The van der Waals surface area contributed by atoms with Crippen LogP contribution in [-0.2, 0) is 0 Å². The molecule has 100 valence electrons. The molecule has 0 saturated heterocycles. The predicted octanol–water partition coefficient (Wildman–Crippen LogP) is 3.77. The molecule has 2 aromatic rings. The molecule has 0 N–H and O–H groups in total. The fourth-order valence-electron chi connectivity index (χ4n) is 2.40. The standard InChI is InChI=1S/C15H11ClN2O2/c1-17-12-8-4-5-9-13(12)18(15(16)20)11-7-3-2-6-10(11)14(17)19/h2-9H,1H3. The minimum Gasteiger partial charge on any atom is -0.309 e. The summed E-state index contributed by atoms with van der Waals surface area (Å²) in [5.74, 6) is -0.173. The van der Waals surface area contributed by atoms with Crippen LogP contribution in [0.1, 0.15) is 10.4 Å². The van der Waals surface area contributed by atoms with E-state index in [1.54, 1.807) is 49.5 Å². The van der Waals surface area contributed by atoms with Crippen molar-refractivity contribution in [2.45, 2.75) is 0 Å². The number of anilines is 3. The maximum absolute atomic E-state index is 12.5. The number of hydrogen-bond donors (Lipinski definition) is 0. The van der Waals surface area contributed by atoms with Crippen molar-refractivity contribution in [3.63, 3.8) is 0 Å². The zero-order chi connectivity index (χ0) is 14.3. The first-order valence-corrected chi connectivity index (χ1v) is 6.45. The third kappa shape index (κ3) is 1.77. The third-order valence-corrected chi connectivity index (χ3v) is 3.51. The van der Waals surface area contributed by atoms with Crippen LogP contribution in [0, 0.1) is 0 Å². The lowest BCUT2D eigenvalue weighted by Crippen LogP contribution is -2.25. The highest BCUT2D eigenvalue weighted by Gasteiger charge is 2.30. The van der Waals surface area contributed by atoms with Crippen molar-refractivity contribution < 1.29 is 9.59 Å². The number of rotatable bonds is 0. The van der Waals surface area contributed by atoms with Crippen molar-refractivity contribution in [2.75, 3.05) is 16.8 Å². The molecule has 20 heavy (non-hydrogen) atoms. The van der Waals surface area contributed by atoms with Crippen LogP contribution in [0.4, 0.5) is 21.9 Å². The fraction of sp³-hybridized carbons (Fsp3) is 0.0667. The molecule has 0 unspecified atom stereocenters. The molecule has 2 amide bonds. The molecule has 0 radical (unpaired) electrons. The molecule has 0 atom stereocenters. The predicted molar refractivity (Wildman–Crippen MR) is 79.0 cm³/mol. The van der Waals surface area contributed by atoms with Crippen LogP contribution in [0.3, 0.4) is 0 Å². The average Bonchev–Trinajstić information content (AvgIpc) is 2.55. The molecule has 0 saturated carbocycles. The Balaban J connectivity index is 2.36. The molecule has 0 aromatic heterocycles. The molecule has 1 aliphatic heterocycles. The zero-order valence-corrected chi connectivity index (χ0v) is 11.5. The molecule has 0 aliphatic carbocycles. The van der Waals surface area contributed by atoms with E-state index in [9.17, 15) is 9.59 Å². The summed E-state index contributed by atoms with van der Waals surface area (Å²) in [6.45, 7) is 0. The number of nitrogens with zero attached hydrogens (tertiary/aromatic N) is 2. The summed E-state index contributed by atoms with van der Waals surface area (Å²) in [6.07, 6.45) is 0. The maximum Gasteiger partial charge on any atom is 0.325 e. The smallest absolute Gasteiger partial charge is 0.309 e. The van der Waals surface area contributed by atoms with Crippen LogP contribution in [0.5, 0.6) is 0 Å². The molecule has 2 aromatic carbocycles. The van der Waals surface area contributed by atoms with E-state index in [1.807, 2.05) is 6.07 Å². The average molecular weight is 287 g/mol. The number of amides is 2. The van der Waals surface area contributed by atoms with E-state index in [0.717, 1.165) is 0 Å². The summed E-state index contributed by atoms with van der Waals surface area (Å²) in [7, 11) is 1.68. The molecule has 4 nitrogen and oxygen atoms in total. The number of carbonyl (C=O) groups excluding carboxylic acids is 2. The summed E-state index contributed by atoms with van der Waals surface area (Å²) >= 11 is 5.74. The van der Waals surface area contributed by atoms with Crippen LogP contribution in [0.15, 0.2) is 48.5 Å². The first-order valence-electron chi connectivity index (χ1n) is 6.07. The fourth-order valence-corrected chi connectivity index (χ4v) is 2.58. The summed E-state index contributed by atoms with van der Waals surface area (Å²) < 4.78 is 0. The monoisotopic (exact) mass is 286 g/mol. The molecule has 0 fully saturated rings. The van der Waals surface area contributed by atoms with E-state index in [0.29, 0.717) is 22.6 Å². The van der Waals surface area contributed by atoms with E-state index in [4.69, 9.17) is 11.6 Å². The maximum atomic E-state index is 12.5. The van der Waals surface area contributed by atoms with Gasteiger partial charge in [-0.25, -0.2) is 0 Å². The molecular formula is C15H11ClN2O2. The first kappa shape index (κ1) is 12.7. The lowest BCUT2D eigenvalue weighted by Gasteiger charge is -2.22. The van der Waals surface area contributed by atoms with Crippen LogP contribution in [0.25, 0.3) is 0 Å². The van der Waals surface area contributed by atoms with Crippen LogP contribution < -0.4 is 9.80 Å². The molecule has 5 heteroatoms. The van der Waals surface area contributed by atoms with Crippen molar-refractivity contribution in [2.24, 2.45) is 0 Å². The number of fused-ring (bicyclic) bond motifs is 2. The Labute approximate surface area is 121 Å². The number of para-hydroxylation sites is 3. The normalized spacial score (nSPS) is 13.6. The van der Waals surface area contributed by atoms with Gasteiger partial charge in [0.05, 0.1) is 22.6 Å². The van der Waals surface area contributed by atoms with Gasteiger partial charge in [0.15, 0.2) is 0 Å². The molecular weight excluding hydrogens is 276 g/mol. The number of benzene rings is 2. The summed E-state index contributed by atoms with van der Waals surface area (Å²) in [5, 5.41) is -0.645. The van der Waals surface area contributed by atoms with E-state index in [2.05, 4.69) is 0 Å². The van der Waals surface area contributed by atoms with Crippen molar-refractivity contribution in [1.29, 1.82) is 0 Å². The van der Waals surface area contributed by atoms with Gasteiger partial charge in [-0.15, -0.1) is 0 Å². The van der Waals surface area contributed by atoms with Gasteiger partial charge in [-0.05, 0) is 35.9 Å². The van der Waals surface area contributed by atoms with Gasteiger partial charge < -0.3 is 4.90 Å². The van der Waals surface area contributed by atoms with E-state index < -0.39 is 5.37 Å². The highest BCUT2D eigenvalue weighted by atomic mass is 35.5. The molecule has 0 bridgehead atoms. The second-order valence-corrected chi connectivity index (χ2v) is 4.78. The highest BCUT2D eigenvalue weighted by molar-refractivity contribution is 6.67. The van der Waals surface area contributed by atoms with Gasteiger partial charge in [0.2, 0.25) is 0 Å². The second kappa shape index (κ2) is 4.65. The van der Waals surface area contributed by atoms with E-state index in [1.165, 1.54) is 9.80 Å². The Morgan fingerprint density at radius 1 is 0.950 bits per heavy atom. The van der Waals surface area contributed by atoms with E-state index in [-0.39, 0.29) is 5.91 Å². The quantitative estimate of drug-likeness (QED) is 0.546. The highest BCUT2D eigenvalue weighted by Crippen LogP contribution is 2.40. The Hall–Kier alpha value is -2.33. The largest absolute Gasteiger partial charge is 0.325 e. The van der Waals surface area contributed by atoms with Gasteiger partial charge in [-0.3, -0.25) is 14.5 Å². The minimum atomic E-state index is -0.645. The third-order valence-electron chi connectivity index (χ3n) is 3.34. The van der Waals surface area contributed by atoms with Crippen LogP contribution >= 0.6 is 11.6 Å². The molecule has 0 spiro atoms. The van der Waals surface area contributed by atoms with E-state index >= 15 is 0 Å². The minimum absolute atomic E-state index is 0.173. The van der Waals surface area contributed by atoms with Crippen molar-refractivity contribution in [3.8, 4) is 0 Å². The van der Waals surface area contributed by atoms with Gasteiger partial charge in [-0.1, -0.05) is 24.3 Å². The number of carbonyl (C=O) groups is 2. The molecule has 1 aliphatic rings. The van der Waals surface area contributed by atoms with Crippen LogP contribution in [-0.4, -0.2) is 18.3 Å². The number of halogens is 1. The van der Waals surface area contributed by atoms with Crippen molar-refractivity contribution in [1.82, 2.24) is 0 Å². The summed E-state index contributed by atoms with van der Waals surface area (Å²) in [4.78, 5) is 27.2. The summed E-state index contributed by atoms with van der Waals surface area (Å²) in [5.41, 5.74) is 2.17. The first-order chi connectivity index (χ1) is 9.61. The molecule has 1 heterocycles. The van der Waals surface area contributed by atoms with Gasteiger partial charge in [0.25, 0.3) is 5.91 Å². The lowest BCUT2D eigenvalue weighted by atomic mass is 10.1. The SMILES string of the molecule is CN1C(=O)c2ccccc2N(C(=O)Cl)c2ccccc21. The Morgan fingerprint density at radius 2 is 1.50 bits per heavy atom. The topological polar surface area (TPSA) is 40.6 Å². The van der Waals surface area contributed by atoms with Gasteiger partial charge in [-0.2, -0.15) is 0 Å².